The highest BCUT2D eigenvalue weighted by Crippen LogP contribution is 2.18. The SMILES string of the molecule is CC(=O)SCC(O)C(O)c1cccc(C#N)n1. The molecule has 2 N–H and O–H groups in total. The van der Waals surface area contributed by atoms with E-state index in [1.807, 2.05) is 6.07 Å². The first-order chi connectivity index (χ1) is 8.04. The number of carbonyl (C=O) groups excluding carboxylic acids is 1. The number of thioether (sulfide) groups is 1. The fourth-order valence-electron chi connectivity index (χ4n) is 1.17. The van der Waals surface area contributed by atoms with Crippen LogP contribution in [0.1, 0.15) is 24.4 Å². The Balaban J connectivity index is 2.71. The van der Waals surface area contributed by atoms with E-state index in [0.29, 0.717) is 0 Å². The number of hydrogen-bond donors (Lipinski definition) is 2. The van der Waals surface area contributed by atoms with E-state index in [1.54, 1.807) is 6.07 Å². The lowest BCUT2D eigenvalue weighted by molar-refractivity contribution is -0.109. The third kappa shape index (κ3) is 4.15. The molecule has 0 spiro atoms. The number of carbonyl (C=O) groups is 1. The second kappa shape index (κ2) is 6.35. The normalized spacial score (nSPS) is 13.8. The highest BCUT2D eigenvalue weighted by molar-refractivity contribution is 8.13. The van der Waals surface area contributed by atoms with Gasteiger partial charge in [-0.25, -0.2) is 4.98 Å². The van der Waals surface area contributed by atoms with E-state index in [0.717, 1.165) is 11.8 Å². The van der Waals surface area contributed by atoms with Crippen LogP contribution in [0.2, 0.25) is 0 Å². The second-order valence-electron chi connectivity index (χ2n) is 3.37. The van der Waals surface area contributed by atoms with Gasteiger partial charge in [-0.3, -0.25) is 4.79 Å². The molecule has 0 radical (unpaired) electrons. The lowest BCUT2D eigenvalue weighted by Gasteiger charge is -2.16. The van der Waals surface area contributed by atoms with Gasteiger partial charge in [-0.05, 0) is 12.1 Å². The Morgan fingerprint density at radius 1 is 1.59 bits per heavy atom. The first-order valence-corrected chi connectivity index (χ1v) is 5.89. The van der Waals surface area contributed by atoms with Crippen molar-refractivity contribution in [1.82, 2.24) is 4.98 Å². The fraction of sp³-hybridized carbons (Fsp3) is 0.364. The molecule has 1 aromatic rings. The largest absolute Gasteiger partial charge is 0.389 e. The first kappa shape index (κ1) is 13.6. The quantitative estimate of drug-likeness (QED) is 0.816. The Hall–Kier alpha value is -1.42. The monoisotopic (exact) mass is 252 g/mol. The van der Waals surface area contributed by atoms with E-state index in [-0.39, 0.29) is 22.3 Å². The molecule has 0 aliphatic carbocycles. The zero-order valence-corrected chi connectivity index (χ0v) is 10.0. The van der Waals surface area contributed by atoms with Gasteiger partial charge in [-0.15, -0.1) is 0 Å². The minimum absolute atomic E-state index is 0.0922. The third-order valence-electron chi connectivity index (χ3n) is 2.01. The predicted molar refractivity (Wildman–Crippen MR) is 63.1 cm³/mol. The van der Waals surface area contributed by atoms with Crippen LogP contribution in [0, 0.1) is 11.3 Å². The minimum Gasteiger partial charge on any atom is -0.389 e. The number of pyridine rings is 1. The van der Waals surface area contributed by atoms with Crippen LogP contribution in [0.5, 0.6) is 0 Å². The summed E-state index contributed by atoms with van der Waals surface area (Å²) in [6.07, 6.45) is -2.29. The second-order valence-corrected chi connectivity index (χ2v) is 4.57. The van der Waals surface area contributed by atoms with Crippen LogP contribution in [0.4, 0.5) is 0 Å². The summed E-state index contributed by atoms with van der Waals surface area (Å²) < 4.78 is 0. The Labute approximate surface area is 103 Å². The van der Waals surface area contributed by atoms with Gasteiger partial charge in [-0.2, -0.15) is 5.26 Å². The van der Waals surface area contributed by atoms with Gasteiger partial charge in [0.25, 0.3) is 0 Å². The summed E-state index contributed by atoms with van der Waals surface area (Å²) >= 11 is 0.931. The molecule has 1 rings (SSSR count). The van der Waals surface area contributed by atoms with E-state index < -0.39 is 12.2 Å². The molecule has 0 saturated heterocycles. The molecule has 0 fully saturated rings. The molecule has 0 aliphatic rings. The van der Waals surface area contributed by atoms with Crippen molar-refractivity contribution in [3.8, 4) is 6.07 Å². The first-order valence-electron chi connectivity index (χ1n) is 4.91. The van der Waals surface area contributed by atoms with Crippen molar-refractivity contribution in [2.24, 2.45) is 0 Å². The number of aliphatic hydroxyl groups is 2. The Bertz CT molecular complexity index is 445. The molecular formula is C11H12N2O3S. The summed E-state index contributed by atoms with van der Waals surface area (Å²) in [5, 5.41) is 27.9. The molecule has 0 aromatic carbocycles. The number of aliphatic hydroxyl groups excluding tert-OH is 2. The van der Waals surface area contributed by atoms with E-state index in [9.17, 15) is 15.0 Å². The summed E-state index contributed by atoms with van der Waals surface area (Å²) in [5.74, 6) is 0.0922. The molecule has 2 unspecified atom stereocenters. The van der Waals surface area contributed by atoms with Crippen molar-refractivity contribution in [3.63, 3.8) is 0 Å². The maximum absolute atomic E-state index is 10.7. The number of aromatic nitrogens is 1. The maximum atomic E-state index is 10.7. The summed E-state index contributed by atoms with van der Waals surface area (Å²) in [6.45, 7) is 1.39. The summed E-state index contributed by atoms with van der Waals surface area (Å²) in [6, 6.07) is 6.45. The predicted octanol–water partition coefficient (Wildman–Crippen LogP) is 0.627. The van der Waals surface area contributed by atoms with Gasteiger partial charge in [0.2, 0.25) is 0 Å². The molecule has 1 aromatic heterocycles. The van der Waals surface area contributed by atoms with E-state index >= 15 is 0 Å². The van der Waals surface area contributed by atoms with Crippen molar-refractivity contribution in [2.75, 3.05) is 5.75 Å². The average Bonchev–Trinajstić information content (AvgIpc) is 2.35. The van der Waals surface area contributed by atoms with Gasteiger partial charge >= 0.3 is 0 Å². The zero-order chi connectivity index (χ0) is 12.8. The molecule has 0 saturated carbocycles. The molecule has 90 valence electrons. The molecule has 1 heterocycles. The van der Waals surface area contributed by atoms with Crippen molar-refractivity contribution in [3.05, 3.63) is 29.6 Å². The van der Waals surface area contributed by atoms with Gasteiger partial charge in [0.05, 0.1) is 11.8 Å². The van der Waals surface area contributed by atoms with Crippen LogP contribution in [-0.4, -0.2) is 32.2 Å². The zero-order valence-electron chi connectivity index (χ0n) is 9.20. The molecule has 2 atom stereocenters. The molecule has 0 aliphatic heterocycles. The van der Waals surface area contributed by atoms with Gasteiger partial charge in [-0.1, -0.05) is 17.8 Å². The number of nitriles is 1. The third-order valence-corrected chi connectivity index (χ3v) is 2.92. The van der Waals surface area contributed by atoms with E-state index in [2.05, 4.69) is 4.98 Å². The van der Waals surface area contributed by atoms with Crippen molar-refractivity contribution in [2.45, 2.75) is 19.1 Å². The van der Waals surface area contributed by atoms with Crippen LogP contribution < -0.4 is 0 Å². The smallest absolute Gasteiger partial charge is 0.185 e. The van der Waals surface area contributed by atoms with Crippen LogP contribution >= 0.6 is 11.8 Å². The maximum Gasteiger partial charge on any atom is 0.185 e. The lowest BCUT2D eigenvalue weighted by atomic mass is 10.1. The fourth-order valence-corrected chi connectivity index (χ4v) is 1.76. The van der Waals surface area contributed by atoms with Crippen LogP contribution in [-0.2, 0) is 4.79 Å². The van der Waals surface area contributed by atoms with E-state index in [4.69, 9.17) is 5.26 Å². The molecule has 17 heavy (non-hydrogen) atoms. The topological polar surface area (TPSA) is 94.2 Å². The average molecular weight is 252 g/mol. The molecule has 5 nitrogen and oxygen atoms in total. The lowest BCUT2D eigenvalue weighted by Crippen LogP contribution is -2.22. The van der Waals surface area contributed by atoms with Crippen molar-refractivity contribution in [1.29, 1.82) is 5.26 Å². The van der Waals surface area contributed by atoms with Crippen LogP contribution in [0.3, 0.4) is 0 Å². The van der Waals surface area contributed by atoms with Crippen LogP contribution in [0.25, 0.3) is 0 Å². The summed E-state index contributed by atoms with van der Waals surface area (Å²) in [5.41, 5.74) is 0.397. The Morgan fingerprint density at radius 2 is 2.29 bits per heavy atom. The number of rotatable bonds is 4. The van der Waals surface area contributed by atoms with Gasteiger partial charge in [0, 0.05) is 12.7 Å². The van der Waals surface area contributed by atoms with Gasteiger partial charge in [0.1, 0.15) is 17.9 Å². The summed E-state index contributed by atoms with van der Waals surface area (Å²) in [7, 11) is 0. The van der Waals surface area contributed by atoms with Crippen molar-refractivity contribution < 1.29 is 15.0 Å². The molecular weight excluding hydrogens is 240 g/mol. The molecule has 0 bridgehead atoms. The van der Waals surface area contributed by atoms with Gasteiger partial charge < -0.3 is 10.2 Å². The Morgan fingerprint density at radius 3 is 2.88 bits per heavy atom. The Kier molecular flexibility index (Phi) is 5.10. The number of nitrogens with zero attached hydrogens (tertiary/aromatic N) is 2. The highest BCUT2D eigenvalue weighted by Gasteiger charge is 2.20. The van der Waals surface area contributed by atoms with E-state index in [1.165, 1.54) is 19.1 Å². The summed E-state index contributed by atoms with van der Waals surface area (Å²) in [4.78, 5) is 14.6. The highest BCUT2D eigenvalue weighted by atomic mass is 32.2. The van der Waals surface area contributed by atoms with Crippen LogP contribution in [0.15, 0.2) is 18.2 Å². The number of hydrogen-bond acceptors (Lipinski definition) is 6. The standard InChI is InChI=1S/C11H12N2O3S/c1-7(14)17-6-10(15)11(16)9-4-2-3-8(5-12)13-9/h2-4,10-11,15-16H,6H2,1H3. The molecule has 6 heteroatoms. The minimum atomic E-state index is -1.20. The molecule has 0 amide bonds. The van der Waals surface area contributed by atoms with Crippen molar-refractivity contribution >= 4 is 16.9 Å². The van der Waals surface area contributed by atoms with Gasteiger partial charge in [0.15, 0.2) is 5.12 Å².